The minimum absolute atomic E-state index is 0.130. The summed E-state index contributed by atoms with van der Waals surface area (Å²) in [6, 6.07) is -1.34. The Labute approximate surface area is 231 Å². The van der Waals surface area contributed by atoms with Crippen LogP contribution in [0.5, 0.6) is 0 Å². The molecule has 3 heterocycles. The number of aliphatic hydroxyl groups excluding tert-OH is 1. The largest absolute Gasteiger partial charge is 0.391 e. The van der Waals surface area contributed by atoms with Crippen molar-refractivity contribution in [3.63, 3.8) is 0 Å². The molecule has 11 nitrogen and oxygen atoms in total. The number of carbonyl (C=O) groups excluding carboxylic acids is 3. The highest BCUT2D eigenvalue weighted by atomic mass is 16.3. The number of nitrogens with one attached hydrogen (secondary N) is 1. The summed E-state index contributed by atoms with van der Waals surface area (Å²) in [7, 11) is 0. The van der Waals surface area contributed by atoms with Crippen molar-refractivity contribution in [2.45, 2.75) is 89.8 Å². The van der Waals surface area contributed by atoms with E-state index in [1.165, 1.54) is 4.90 Å². The summed E-state index contributed by atoms with van der Waals surface area (Å²) in [4.78, 5) is 45.6. The number of piperazine rings is 1. The number of aromatic nitrogens is 3. The zero-order valence-electron chi connectivity index (χ0n) is 23.7. The predicted molar refractivity (Wildman–Crippen MR) is 145 cm³/mol. The number of rotatable bonds is 8. The molecule has 0 bridgehead atoms. The van der Waals surface area contributed by atoms with Crippen molar-refractivity contribution in [3.05, 3.63) is 11.9 Å². The first-order valence-corrected chi connectivity index (χ1v) is 14.8. The Balaban J connectivity index is 1.14. The molecule has 3 amide bonds. The fourth-order valence-corrected chi connectivity index (χ4v) is 6.40. The van der Waals surface area contributed by atoms with Crippen molar-refractivity contribution in [1.82, 2.24) is 35.0 Å². The van der Waals surface area contributed by atoms with E-state index in [2.05, 4.69) is 20.5 Å². The third-order valence-corrected chi connectivity index (χ3v) is 8.82. The molecule has 11 heteroatoms. The van der Waals surface area contributed by atoms with Gasteiger partial charge in [-0.2, -0.15) is 0 Å². The smallest absolute Gasteiger partial charge is 0.248 e. The fraction of sp³-hybridized carbons (Fsp3) is 0.821. The van der Waals surface area contributed by atoms with Gasteiger partial charge >= 0.3 is 0 Å². The normalized spacial score (nSPS) is 25.7. The van der Waals surface area contributed by atoms with Gasteiger partial charge in [-0.25, -0.2) is 4.68 Å². The van der Waals surface area contributed by atoms with E-state index in [0.29, 0.717) is 24.9 Å². The van der Waals surface area contributed by atoms with E-state index in [9.17, 15) is 19.5 Å². The molecular weight excluding hydrogens is 498 g/mol. The summed E-state index contributed by atoms with van der Waals surface area (Å²) in [6.45, 7) is 10.3. The minimum Gasteiger partial charge on any atom is -0.391 e. The lowest BCUT2D eigenvalue weighted by Crippen LogP contribution is -2.53. The number of β-amino-alcohol motifs (C(OH)–C–C–N with tert-alkyl or cyclic N) is 1. The lowest BCUT2D eigenvalue weighted by molar-refractivity contribution is -0.144. The van der Waals surface area contributed by atoms with Crippen molar-refractivity contribution in [1.29, 1.82) is 0 Å². The van der Waals surface area contributed by atoms with Crippen molar-refractivity contribution < 1.29 is 19.5 Å². The van der Waals surface area contributed by atoms with E-state index in [1.807, 2.05) is 31.9 Å². The molecule has 2 unspecified atom stereocenters. The Bertz CT molecular complexity index is 1030. The van der Waals surface area contributed by atoms with E-state index < -0.39 is 23.6 Å². The molecule has 2 saturated carbocycles. The molecule has 4 fully saturated rings. The van der Waals surface area contributed by atoms with E-state index in [1.54, 1.807) is 4.68 Å². The van der Waals surface area contributed by atoms with Crippen LogP contribution in [-0.2, 0) is 14.4 Å². The number of aliphatic hydroxyl groups is 1. The van der Waals surface area contributed by atoms with Gasteiger partial charge in [-0.05, 0) is 31.1 Å². The second-order valence-corrected chi connectivity index (χ2v) is 13.0. The van der Waals surface area contributed by atoms with Gasteiger partial charge in [0.15, 0.2) is 0 Å². The zero-order valence-corrected chi connectivity index (χ0v) is 23.7. The number of hydrogen-bond donors (Lipinski definition) is 2. The Morgan fingerprint density at radius 3 is 2.41 bits per heavy atom. The Kier molecular flexibility index (Phi) is 8.28. The Morgan fingerprint density at radius 2 is 1.77 bits per heavy atom. The van der Waals surface area contributed by atoms with Gasteiger partial charge in [0.25, 0.3) is 0 Å². The first-order chi connectivity index (χ1) is 18.6. The van der Waals surface area contributed by atoms with E-state index in [0.717, 1.165) is 70.4 Å². The monoisotopic (exact) mass is 543 g/mol. The van der Waals surface area contributed by atoms with Crippen LogP contribution in [0.25, 0.3) is 0 Å². The predicted octanol–water partition coefficient (Wildman–Crippen LogP) is 1.16. The molecule has 3 atom stereocenters. The summed E-state index contributed by atoms with van der Waals surface area (Å²) in [6.07, 6.45) is 7.92. The van der Waals surface area contributed by atoms with Crippen LogP contribution >= 0.6 is 0 Å². The quantitative estimate of drug-likeness (QED) is 0.504. The first-order valence-electron chi connectivity index (χ1n) is 14.8. The maximum absolute atomic E-state index is 13.9. The van der Waals surface area contributed by atoms with Gasteiger partial charge in [0.05, 0.1) is 11.8 Å². The van der Waals surface area contributed by atoms with Gasteiger partial charge in [-0.1, -0.05) is 38.8 Å². The van der Waals surface area contributed by atoms with E-state index >= 15 is 0 Å². The van der Waals surface area contributed by atoms with E-state index in [-0.39, 0.29) is 30.7 Å². The summed E-state index contributed by atoms with van der Waals surface area (Å²) in [5.74, 6) is 0.505. The molecule has 2 saturated heterocycles. The zero-order chi connectivity index (χ0) is 27.7. The van der Waals surface area contributed by atoms with Crippen LogP contribution in [0.3, 0.4) is 0 Å². The average molecular weight is 544 g/mol. The van der Waals surface area contributed by atoms with Crippen LogP contribution in [0.2, 0.25) is 0 Å². The molecule has 5 rings (SSSR count). The molecule has 0 radical (unpaired) electrons. The van der Waals surface area contributed by atoms with Crippen molar-refractivity contribution in [2.75, 3.05) is 45.8 Å². The average Bonchev–Trinajstić information content (AvgIpc) is 3.26. The van der Waals surface area contributed by atoms with Gasteiger partial charge in [0.2, 0.25) is 17.7 Å². The number of likely N-dealkylation sites (tertiary alicyclic amines) is 1. The van der Waals surface area contributed by atoms with Crippen LogP contribution in [0, 0.1) is 11.3 Å². The van der Waals surface area contributed by atoms with Gasteiger partial charge in [0.1, 0.15) is 12.1 Å². The molecule has 1 aromatic heterocycles. The van der Waals surface area contributed by atoms with Crippen LogP contribution in [-0.4, -0.2) is 110 Å². The minimum atomic E-state index is -0.742. The standard InChI is InChI=1S/C28H45N7O4/c1-28(2,3)24(35-18-22(30-31-35)19-8-9-19)27(39)34-17-21(36)16-23(34)25(37)29-10-11-32-12-14-33(15-13-32)26(38)20-6-4-5-7-20/h18-21,23-24,36H,4-17H2,1-3H3,(H,29,37)/t21?,23?,24-/m1/s1. The third-order valence-electron chi connectivity index (χ3n) is 8.82. The van der Waals surface area contributed by atoms with Crippen LogP contribution < -0.4 is 5.32 Å². The van der Waals surface area contributed by atoms with Crippen molar-refractivity contribution >= 4 is 17.7 Å². The second kappa shape index (κ2) is 11.5. The summed E-state index contributed by atoms with van der Waals surface area (Å²) < 4.78 is 1.65. The first kappa shape index (κ1) is 28.0. The van der Waals surface area contributed by atoms with Crippen LogP contribution in [0.1, 0.15) is 83.4 Å². The lowest BCUT2D eigenvalue weighted by Gasteiger charge is -2.36. The third kappa shape index (κ3) is 6.45. The SMILES string of the molecule is CC(C)(C)[C@@H](C(=O)N1CC(O)CC1C(=O)NCCN1CCN(C(=O)C2CCCC2)CC1)n1cc(C2CC2)nn1. The maximum Gasteiger partial charge on any atom is 0.248 e. The van der Waals surface area contributed by atoms with Gasteiger partial charge < -0.3 is 20.2 Å². The molecule has 39 heavy (non-hydrogen) atoms. The molecule has 2 aliphatic heterocycles. The molecule has 216 valence electrons. The van der Waals surface area contributed by atoms with Crippen molar-refractivity contribution in [3.8, 4) is 0 Å². The number of carbonyl (C=O) groups is 3. The maximum atomic E-state index is 13.9. The molecule has 0 aromatic carbocycles. The summed E-state index contributed by atoms with van der Waals surface area (Å²) in [5.41, 5.74) is 0.457. The number of hydrogen-bond acceptors (Lipinski definition) is 7. The fourth-order valence-electron chi connectivity index (χ4n) is 6.40. The van der Waals surface area contributed by atoms with Crippen LogP contribution in [0.15, 0.2) is 6.20 Å². The Morgan fingerprint density at radius 1 is 1.08 bits per heavy atom. The molecule has 2 aliphatic carbocycles. The Hall–Kier alpha value is -2.53. The molecule has 2 N–H and O–H groups in total. The molecule has 4 aliphatic rings. The molecule has 0 spiro atoms. The van der Waals surface area contributed by atoms with Gasteiger partial charge in [-0.15, -0.1) is 5.10 Å². The van der Waals surface area contributed by atoms with Crippen molar-refractivity contribution in [2.24, 2.45) is 11.3 Å². The highest BCUT2D eigenvalue weighted by Gasteiger charge is 2.45. The topological polar surface area (TPSA) is 124 Å². The number of amides is 3. The molecular formula is C28H45N7O4. The summed E-state index contributed by atoms with van der Waals surface area (Å²) >= 11 is 0. The number of nitrogens with zero attached hydrogens (tertiary/aromatic N) is 6. The second-order valence-electron chi connectivity index (χ2n) is 13.0. The summed E-state index contributed by atoms with van der Waals surface area (Å²) in [5, 5.41) is 22.0. The van der Waals surface area contributed by atoms with Crippen LogP contribution in [0.4, 0.5) is 0 Å². The van der Waals surface area contributed by atoms with E-state index in [4.69, 9.17) is 0 Å². The lowest BCUT2D eigenvalue weighted by atomic mass is 9.85. The highest BCUT2D eigenvalue weighted by Crippen LogP contribution is 2.40. The van der Waals surface area contributed by atoms with Gasteiger partial charge in [-0.3, -0.25) is 19.3 Å². The molecule has 1 aromatic rings. The highest BCUT2D eigenvalue weighted by molar-refractivity contribution is 5.90. The van der Waals surface area contributed by atoms with Gasteiger partial charge in [0, 0.05) is 70.3 Å².